The fourth-order valence-corrected chi connectivity index (χ4v) is 4.25. The Morgan fingerprint density at radius 1 is 0.875 bits per heavy atom. The highest BCUT2D eigenvalue weighted by Crippen LogP contribution is 2.33. The largest absolute Gasteiger partial charge is 0.507 e. The van der Waals surface area contributed by atoms with Crippen molar-refractivity contribution in [1.29, 1.82) is 0 Å². The molecule has 0 radical (unpaired) electrons. The van der Waals surface area contributed by atoms with Crippen LogP contribution in [0, 0.1) is 5.82 Å². The molecule has 0 fully saturated rings. The summed E-state index contributed by atoms with van der Waals surface area (Å²) in [5.41, 5.74) is 1.80. The Morgan fingerprint density at radius 2 is 1.43 bits per heavy atom. The second-order valence-corrected chi connectivity index (χ2v) is 9.27. The molecular formula is C30H22ClF4NO4. The van der Waals surface area contributed by atoms with E-state index in [2.05, 4.69) is 5.32 Å². The molecule has 0 aromatic heterocycles. The van der Waals surface area contributed by atoms with Crippen LogP contribution in [0.25, 0.3) is 22.3 Å². The number of benzene rings is 4. The van der Waals surface area contributed by atoms with Gasteiger partial charge in [-0.2, -0.15) is 13.2 Å². The third kappa shape index (κ3) is 6.60. The lowest BCUT2D eigenvalue weighted by atomic mass is 9.98. The van der Waals surface area contributed by atoms with Crippen LogP contribution in [0.5, 0.6) is 5.75 Å². The average Bonchev–Trinajstić information content (AvgIpc) is 2.94. The van der Waals surface area contributed by atoms with Gasteiger partial charge >= 0.3 is 12.1 Å². The van der Waals surface area contributed by atoms with Crippen molar-refractivity contribution in [3.05, 3.63) is 112 Å². The molecule has 1 amide bonds. The highest BCUT2D eigenvalue weighted by molar-refractivity contribution is 6.31. The maximum Gasteiger partial charge on any atom is 0.416 e. The van der Waals surface area contributed by atoms with Crippen LogP contribution in [0.4, 0.5) is 17.6 Å². The number of alkyl halides is 3. The smallest absolute Gasteiger partial charge is 0.416 e. The first-order valence-corrected chi connectivity index (χ1v) is 12.3. The zero-order valence-electron chi connectivity index (χ0n) is 20.9. The van der Waals surface area contributed by atoms with Crippen LogP contribution >= 0.6 is 11.6 Å². The third-order valence-corrected chi connectivity index (χ3v) is 6.55. The van der Waals surface area contributed by atoms with E-state index in [0.717, 1.165) is 17.7 Å². The van der Waals surface area contributed by atoms with E-state index < -0.39 is 35.5 Å². The summed E-state index contributed by atoms with van der Waals surface area (Å²) < 4.78 is 57.1. The van der Waals surface area contributed by atoms with Gasteiger partial charge in [0.25, 0.3) is 5.91 Å². The minimum atomic E-state index is -4.49. The summed E-state index contributed by atoms with van der Waals surface area (Å²) in [6, 6.07) is 18.7. The number of halogens is 5. The van der Waals surface area contributed by atoms with E-state index in [1.54, 1.807) is 30.3 Å². The number of esters is 1. The van der Waals surface area contributed by atoms with E-state index in [1.807, 2.05) is 0 Å². The Morgan fingerprint density at radius 3 is 2.00 bits per heavy atom. The van der Waals surface area contributed by atoms with E-state index in [0.29, 0.717) is 22.3 Å². The SMILES string of the molecule is COC(=O)CC(NC(=O)c1cc(-c2ccc(C(F)(F)F)cc2)ccc1O)c1ccc(-c2ccc(F)c(Cl)c2)cc1. The van der Waals surface area contributed by atoms with Crippen molar-refractivity contribution >= 4 is 23.5 Å². The van der Waals surface area contributed by atoms with Crippen molar-refractivity contribution in [2.45, 2.75) is 18.6 Å². The molecule has 0 saturated carbocycles. The molecule has 206 valence electrons. The number of carbonyl (C=O) groups excluding carboxylic acids is 2. The van der Waals surface area contributed by atoms with Gasteiger partial charge in [-0.15, -0.1) is 0 Å². The Hall–Kier alpha value is -4.37. The van der Waals surface area contributed by atoms with Crippen molar-refractivity contribution < 1.29 is 37.0 Å². The van der Waals surface area contributed by atoms with Gasteiger partial charge in [0.2, 0.25) is 0 Å². The minimum Gasteiger partial charge on any atom is -0.507 e. The maximum atomic E-state index is 13.5. The molecule has 4 aromatic carbocycles. The molecule has 40 heavy (non-hydrogen) atoms. The molecule has 0 aliphatic carbocycles. The molecule has 1 atom stereocenters. The zero-order chi connectivity index (χ0) is 29.0. The fraction of sp³-hybridized carbons (Fsp3) is 0.133. The lowest BCUT2D eigenvalue weighted by Gasteiger charge is -2.19. The minimum absolute atomic E-state index is 0.0317. The van der Waals surface area contributed by atoms with E-state index in [1.165, 1.54) is 49.6 Å². The quantitative estimate of drug-likeness (QED) is 0.177. The molecule has 0 heterocycles. The van der Waals surface area contributed by atoms with E-state index in [9.17, 15) is 32.3 Å². The number of hydrogen-bond acceptors (Lipinski definition) is 4. The van der Waals surface area contributed by atoms with Crippen molar-refractivity contribution in [2.24, 2.45) is 0 Å². The van der Waals surface area contributed by atoms with Crippen LogP contribution in [0.2, 0.25) is 5.02 Å². The molecule has 4 rings (SSSR count). The third-order valence-electron chi connectivity index (χ3n) is 6.26. The van der Waals surface area contributed by atoms with Crippen molar-refractivity contribution in [3.8, 4) is 28.0 Å². The van der Waals surface area contributed by atoms with Gasteiger partial charge in [-0.3, -0.25) is 9.59 Å². The molecule has 0 aliphatic rings. The highest BCUT2D eigenvalue weighted by atomic mass is 35.5. The number of methoxy groups -OCH3 is 1. The van der Waals surface area contributed by atoms with Gasteiger partial charge in [-0.1, -0.05) is 60.1 Å². The lowest BCUT2D eigenvalue weighted by Crippen LogP contribution is -2.30. The molecule has 1 unspecified atom stereocenters. The van der Waals surface area contributed by atoms with Gasteiger partial charge in [-0.25, -0.2) is 4.39 Å². The monoisotopic (exact) mass is 571 g/mol. The van der Waals surface area contributed by atoms with Gasteiger partial charge in [-0.05, 0) is 64.2 Å². The second kappa shape index (κ2) is 11.8. The number of carbonyl (C=O) groups is 2. The van der Waals surface area contributed by atoms with E-state index in [-0.39, 0.29) is 22.8 Å². The van der Waals surface area contributed by atoms with Crippen molar-refractivity contribution in [1.82, 2.24) is 5.32 Å². The highest BCUT2D eigenvalue weighted by Gasteiger charge is 2.30. The van der Waals surface area contributed by atoms with Crippen LogP contribution < -0.4 is 5.32 Å². The van der Waals surface area contributed by atoms with Gasteiger partial charge in [0, 0.05) is 0 Å². The number of phenolic OH excluding ortho intramolecular Hbond substituents is 1. The Balaban J connectivity index is 1.60. The summed E-state index contributed by atoms with van der Waals surface area (Å²) >= 11 is 5.88. The lowest BCUT2D eigenvalue weighted by molar-refractivity contribution is -0.141. The topological polar surface area (TPSA) is 75.6 Å². The number of ether oxygens (including phenoxy) is 1. The first-order chi connectivity index (χ1) is 19.0. The number of phenols is 1. The van der Waals surface area contributed by atoms with Crippen LogP contribution in [-0.2, 0) is 15.7 Å². The van der Waals surface area contributed by atoms with Crippen LogP contribution in [0.15, 0.2) is 84.9 Å². The summed E-state index contributed by atoms with van der Waals surface area (Å²) in [4.78, 5) is 25.3. The fourth-order valence-electron chi connectivity index (χ4n) is 4.07. The van der Waals surface area contributed by atoms with Crippen LogP contribution in [0.3, 0.4) is 0 Å². The van der Waals surface area contributed by atoms with Gasteiger partial charge < -0.3 is 15.2 Å². The van der Waals surface area contributed by atoms with Crippen molar-refractivity contribution in [2.75, 3.05) is 7.11 Å². The molecule has 0 spiro atoms. The number of nitrogens with one attached hydrogen (secondary N) is 1. The molecule has 5 nitrogen and oxygen atoms in total. The summed E-state index contributed by atoms with van der Waals surface area (Å²) in [5, 5.41) is 13.1. The van der Waals surface area contributed by atoms with Crippen molar-refractivity contribution in [3.63, 3.8) is 0 Å². The average molecular weight is 572 g/mol. The Labute approximate surface area is 232 Å². The summed E-state index contributed by atoms with van der Waals surface area (Å²) in [6.45, 7) is 0. The molecule has 4 aromatic rings. The molecular weight excluding hydrogens is 550 g/mol. The first kappa shape index (κ1) is 28.6. The number of rotatable bonds is 7. The summed E-state index contributed by atoms with van der Waals surface area (Å²) in [6.07, 6.45) is -4.71. The van der Waals surface area contributed by atoms with Crippen LogP contribution in [0.1, 0.15) is 33.9 Å². The number of aromatic hydroxyl groups is 1. The van der Waals surface area contributed by atoms with E-state index in [4.69, 9.17) is 16.3 Å². The molecule has 0 aliphatic heterocycles. The Bertz CT molecular complexity index is 1540. The predicted octanol–water partition coefficient (Wildman–Crippen LogP) is 7.57. The van der Waals surface area contributed by atoms with Gasteiger partial charge in [0.05, 0.1) is 35.7 Å². The zero-order valence-corrected chi connectivity index (χ0v) is 21.7. The predicted molar refractivity (Wildman–Crippen MR) is 142 cm³/mol. The summed E-state index contributed by atoms with van der Waals surface area (Å²) in [5.74, 6) is -2.21. The maximum absolute atomic E-state index is 13.5. The number of hydrogen-bond donors (Lipinski definition) is 2. The molecule has 2 N–H and O–H groups in total. The second-order valence-electron chi connectivity index (χ2n) is 8.86. The normalized spacial score (nSPS) is 12.1. The standard InChI is InChI=1S/C30H22ClF4NO4/c1-40-28(38)16-26(19-4-2-17(3-5-19)21-8-12-25(32)24(31)15-21)36-29(39)23-14-20(9-13-27(23)37)18-6-10-22(11-7-18)30(33,34)35/h2-15,26,37H,16H2,1H3,(H,36,39). The van der Waals surface area contributed by atoms with Crippen LogP contribution in [-0.4, -0.2) is 24.1 Å². The first-order valence-electron chi connectivity index (χ1n) is 11.9. The van der Waals surface area contributed by atoms with E-state index >= 15 is 0 Å². The number of amides is 1. The molecule has 10 heteroatoms. The van der Waals surface area contributed by atoms with Gasteiger partial charge in [0.1, 0.15) is 11.6 Å². The van der Waals surface area contributed by atoms with Gasteiger partial charge in [0.15, 0.2) is 0 Å². The summed E-state index contributed by atoms with van der Waals surface area (Å²) in [7, 11) is 1.21. The molecule has 0 saturated heterocycles. The Kier molecular flexibility index (Phi) is 8.44. The molecule has 0 bridgehead atoms.